The molecule has 1 heterocycles. The fourth-order valence-electron chi connectivity index (χ4n) is 4.21. The lowest BCUT2D eigenvalue weighted by molar-refractivity contribution is -0.173. The number of nitrogens with one attached hydrogen (secondary N) is 1. The summed E-state index contributed by atoms with van der Waals surface area (Å²) in [5, 5.41) is 2.18. The summed E-state index contributed by atoms with van der Waals surface area (Å²) in [6.07, 6.45) is -4.06. The molecule has 2 aromatic carbocycles. The van der Waals surface area contributed by atoms with Crippen LogP contribution in [0.4, 0.5) is 13.2 Å². The first-order chi connectivity index (χ1) is 17.4. The molecule has 0 aromatic heterocycles. The molecule has 2 atom stereocenters. The van der Waals surface area contributed by atoms with Gasteiger partial charge in [0.15, 0.2) is 0 Å². The van der Waals surface area contributed by atoms with Gasteiger partial charge in [-0.15, -0.1) is 0 Å². The Labute approximate surface area is 212 Å². The molecule has 1 unspecified atom stereocenters. The van der Waals surface area contributed by atoms with E-state index < -0.39 is 42.4 Å². The number of nitrogens with zero attached hydrogens (tertiary/aromatic N) is 2. The lowest BCUT2D eigenvalue weighted by atomic mass is 9.97. The van der Waals surface area contributed by atoms with Crippen LogP contribution in [0.25, 0.3) is 5.70 Å². The molecule has 0 aliphatic carbocycles. The molecular weight excluding hydrogens is 487 g/mol. The van der Waals surface area contributed by atoms with Crippen LogP contribution in [0.15, 0.2) is 66.9 Å². The zero-order valence-corrected chi connectivity index (χ0v) is 20.7. The van der Waals surface area contributed by atoms with Crippen molar-refractivity contribution in [2.75, 3.05) is 6.54 Å². The van der Waals surface area contributed by atoms with E-state index in [1.165, 1.54) is 18.0 Å². The Morgan fingerprint density at radius 3 is 2.05 bits per heavy atom. The summed E-state index contributed by atoms with van der Waals surface area (Å²) in [7, 11) is 0. The molecule has 0 radical (unpaired) electrons. The molecule has 7 nitrogen and oxygen atoms in total. The first-order valence-corrected chi connectivity index (χ1v) is 11.7. The van der Waals surface area contributed by atoms with Crippen molar-refractivity contribution in [3.8, 4) is 0 Å². The maximum absolute atomic E-state index is 13.5. The van der Waals surface area contributed by atoms with E-state index in [1.807, 2.05) is 0 Å². The molecular formula is C27H28F3N3O4. The minimum absolute atomic E-state index is 0.245. The van der Waals surface area contributed by atoms with E-state index in [4.69, 9.17) is 0 Å². The fraction of sp³-hybridized carbons (Fsp3) is 0.333. The van der Waals surface area contributed by atoms with Gasteiger partial charge < -0.3 is 10.2 Å². The maximum atomic E-state index is 13.5. The highest BCUT2D eigenvalue weighted by molar-refractivity contribution is 6.00. The van der Waals surface area contributed by atoms with E-state index >= 15 is 0 Å². The second-order valence-electron chi connectivity index (χ2n) is 9.09. The van der Waals surface area contributed by atoms with Gasteiger partial charge in [0, 0.05) is 19.5 Å². The number of ketones is 1. The molecule has 0 spiro atoms. The summed E-state index contributed by atoms with van der Waals surface area (Å²) in [5.41, 5.74) is 1.21. The van der Waals surface area contributed by atoms with E-state index in [2.05, 4.69) is 5.32 Å². The Hall–Kier alpha value is -3.95. The van der Waals surface area contributed by atoms with Crippen LogP contribution in [0.3, 0.4) is 0 Å². The highest BCUT2D eigenvalue weighted by Gasteiger charge is 2.45. The second kappa shape index (κ2) is 11.4. The van der Waals surface area contributed by atoms with Crippen LogP contribution in [-0.4, -0.2) is 58.1 Å². The van der Waals surface area contributed by atoms with Crippen LogP contribution in [0.5, 0.6) is 0 Å². The first kappa shape index (κ1) is 27.6. The number of carbonyl (C=O) groups is 4. The van der Waals surface area contributed by atoms with Crippen molar-refractivity contribution in [1.82, 2.24) is 15.1 Å². The van der Waals surface area contributed by atoms with Crippen molar-refractivity contribution in [3.63, 3.8) is 0 Å². The number of alkyl halides is 3. The van der Waals surface area contributed by atoms with Gasteiger partial charge in [-0.3, -0.25) is 24.1 Å². The minimum Gasteiger partial charge on any atom is -0.344 e. The van der Waals surface area contributed by atoms with Crippen molar-refractivity contribution in [1.29, 1.82) is 0 Å². The van der Waals surface area contributed by atoms with E-state index in [1.54, 1.807) is 74.5 Å². The Morgan fingerprint density at radius 2 is 1.54 bits per heavy atom. The molecule has 10 heteroatoms. The molecule has 37 heavy (non-hydrogen) atoms. The predicted octanol–water partition coefficient (Wildman–Crippen LogP) is 3.56. The number of rotatable bonds is 8. The molecule has 3 rings (SSSR count). The molecule has 1 aliphatic rings. The number of hydrogen-bond acceptors (Lipinski definition) is 4. The third kappa shape index (κ3) is 6.63. The summed E-state index contributed by atoms with van der Waals surface area (Å²) in [6, 6.07) is 13.8. The average Bonchev–Trinajstić information content (AvgIpc) is 2.84. The van der Waals surface area contributed by atoms with Crippen LogP contribution in [0.2, 0.25) is 0 Å². The normalized spacial score (nSPS) is 16.9. The quantitative estimate of drug-likeness (QED) is 0.583. The van der Waals surface area contributed by atoms with Crippen molar-refractivity contribution < 1.29 is 32.3 Å². The zero-order chi connectivity index (χ0) is 27.3. The maximum Gasteiger partial charge on any atom is 0.452 e. The second-order valence-corrected chi connectivity index (χ2v) is 9.09. The van der Waals surface area contributed by atoms with Gasteiger partial charge in [0.2, 0.25) is 11.8 Å². The lowest BCUT2D eigenvalue weighted by Crippen LogP contribution is -2.57. The third-order valence-corrected chi connectivity index (χ3v) is 5.95. The average molecular weight is 516 g/mol. The third-order valence-electron chi connectivity index (χ3n) is 5.95. The predicted molar refractivity (Wildman–Crippen MR) is 130 cm³/mol. The molecule has 1 aliphatic heterocycles. The molecule has 0 saturated heterocycles. The first-order valence-electron chi connectivity index (χ1n) is 11.7. The van der Waals surface area contributed by atoms with E-state index in [0.29, 0.717) is 11.1 Å². The van der Waals surface area contributed by atoms with Gasteiger partial charge in [-0.1, -0.05) is 74.5 Å². The number of benzene rings is 2. The van der Waals surface area contributed by atoms with Gasteiger partial charge in [-0.25, -0.2) is 0 Å². The Morgan fingerprint density at radius 1 is 0.973 bits per heavy atom. The zero-order valence-electron chi connectivity index (χ0n) is 20.7. The molecule has 2 aromatic rings. The van der Waals surface area contributed by atoms with Gasteiger partial charge in [-0.05, 0) is 17.0 Å². The summed E-state index contributed by atoms with van der Waals surface area (Å²) >= 11 is 0. The Kier molecular flexibility index (Phi) is 8.52. The highest BCUT2D eigenvalue weighted by atomic mass is 19.4. The molecule has 1 N–H and O–H groups in total. The minimum atomic E-state index is -5.16. The summed E-state index contributed by atoms with van der Waals surface area (Å²) in [5.74, 6) is -4.26. The summed E-state index contributed by atoms with van der Waals surface area (Å²) < 4.78 is 39.9. The van der Waals surface area contributed by atoms with Crippen LogP contribution >= 0.6 is 0 Å². The molecule has 0 saturated carbocycles. The molecule has 3 amide bonds. The number of Topliss-reactive ketones (excluding diaryl/α,β-unsaturated/α-hetero) is 1. The Balaban J connectivity index is 1.93. The monoisotopic (exact) mass is 515 g/mol. The van der Waals surface area contributed by atoms with Crippen LogP contribution in [0, 0.1) is 5.92 Å². The number of amides is 3. The van der Waals surface area contributed by atoms with Gasteiger partial charge in [0.1, 0.15) is 18.6 Å². The SMILES string of the molecule is CC(=O)N1C=C(c2ccccc2)N(CC(=O)NC(Cc2ccccc2)C(=O)C(F)(F)F)C(=O)[C@H]1C(C)C. The summed E-state index contributed by atoms with van der Waals surface area (Å²) in [6.45, 7) is 4.18. The molecule has 0 fully saturated rings. The topological polar surface area (TPSA) is 86.8 Å². The largest absolute Gasteiger partial charge is 0.452 e. The van der Waals surface area contributed by atoms with E-state index in [9.17, 15) is 32.3 Å². The van der Waals surface area contributed by atoms with Crippen LogP contribution in [-0.2, 0) is 25.6 Å². The lowest BCUT2D eigenvalue weighted by Gasteiger charge is -2.40. The number of hydrogen-bond donors (Lipinski definition) is 1. The Bertz CT molecular complexity index is 1180. The van der Waals surface area contributed by atoms with Crippen LogP contribution in [0.1, 0.15) is 31.9 Å². The number of halogens is 3. The van der Waals surface area contributed by atoms with E-state index in [0.717, 1.165) is 4.90 Å². The van der Waals surface area contributed by atoms with Gasteiger partial charge in [0.05, 0.1) is 5.70 Å². The molecule has 196 valence electrons. The standard InChI is InChI=1S/C27H28F3N3O4/c1-17(2)24-26(37)33(22(15-32(24)18(3)34)20-12-8-5-9-13-20)16-23(35)31-21(25(36)27(28,29)30)14-19-10-6-4-7-11-19/h4-13,15,17,21,24H,14,16H2,1-3H3,(H,31,35)/t21?,24-/m1/s1. The van der Waals surface area contributed by atoms with Crippen molar-refractivity contribution >= 4 is 29.2 Å². The number of carbonyl (C=O) groups excluding carboxylic acids is 4. The van der Waals surface area contributed by atoms with Crippen molar-refractivity contribution in [3.05, 3.63) is 78.0 Å². The van der Waals surface area contributed by atoms with Crippen molar-refractivity contribution in [2.24, 2.45) is 5.92 Å². The van der Waals surface area contributed by atoms with Crippen molar-refractivity contribution in [2.45, 2.75) is 45.5 Å². The van der Waals surface area contributed by atoms with Crippen LogP contribution < -0.4 is 5.32 Å². The summed E-state index contributed by atoms with van der Waals surface area (Å²) in [4.78, 5) is 53.5. The molecule has 0 bridgehead atoms. The van der Waals surface area contributed by atoms with Gasteiger partial charge in [-0.2, -0.15) is 13.2 Å². The van der Waals surface area contributed by atoms with Gasteiger partial charge in [0.25, 0.3) is 11.7 Å². The van der Waals surface area contributed by atoms with E-state index in [-0.39, 0.29) is 23.9 Å². The smallest absolute Gasteiger partial charge is 0.344 e. The van der Waals surface area contributed by atoms with Gasteiger partial charge >= 0.3 is 6.18 Å². The fourth-order valence-corrected chi connectivity index (χ4v) is 4.21. The highest BCUT2D eigenvalue weighted by Crippen LogP contribution is 2.30.